The molecule has 21 heavy (non-hydrogen) atoms. The highest BCUT2D eigenvalue weighted by Gasteiger charge is 2.12. The van der Waals surface area contributed by atoms with Crippen LogP contribution in [0.2, 0.25) is 0 Å². The van der Waals surface area contributed by atoms with E-state index < -0.39 is 0 Å². The Kier molecular flexibility index (Phi) is 5.27. The largest absolute Gasteiger partial charge is 0.350 e. The molecule has 0 bridgehead atoms. The van der Waals surface area contributed by atoms with E-state index in [4.69, 9.17) is 0 Å². The van der Waals surface area contributed by atoms with E-state index in [-0.39, 0.29) is 5.91 Å². The molecule has 2 aromatic heterocycles. The van der Waals surface area contributed by atoms with Crippen LogP contribution >= 0.6 is 22.7 Å². The van der Waals surface area contributed by atoms with Crippen LogP contribution in [-0.2, 0) is 0 Å². The van der Waals surface area contributed by atoms with Gasteiger partial charge in [-0.2, -0.15) is 0 Å². The number of amides is 1. The van der Waals surface area contributed by atoms with Gasteiger partial charge >= 0.3 is 0 Å². The molecule has 114 valence electrons. The molecule has 3 rings (SSSR count). The van der Waals surface area contributed by atoms with Crippen molar-refractivity contribution in [1.82, 2.24) is 10.6 Å². The van der Waals surface area contributed by atoms with Gasteiger partial charge < -0.3 is 10.6 Å². The fourth-order valence-corrected chi connectivity index (χ4v) is 4.93. The van der Waals surface area contributed by atoms with E-state index in [0.717, 1.165) is 11.4 Å². The zero-order valence-corrected chi connectivity index (χ0v) is 13.8. The molecular formula is C16H22N2OS2. The van der Waals surface area contributed by atoms with Gasteiger partial charge in [-0.3, -0.25) is 4.79 Å². The maximum absolute atomic E-state index is 12.1. The number of hydrogen-bond acceptors (Lipinski definition) is 4. The van der Waals surface area contributed by atoms with Crippen molar-refractivity contribution in [2.75, 3.05) is 13.1 Å². The summed E-state index contributed by atoms with van der Waals surface area (Å²) in [4.78, 5) is 12.9. The third-order valence-electron chi connectivity index (χ3n) is 4.06. The number of nitrogens with one attached hydrogen (secondary N) is 2. The van der Waals surface area contributed by atoms with E-state index in [1.54, 1.807) is 22.7 Å². The summed E-state index contributed by atoms with van der Waals surface area (Å²) in [5, 5.41) is 8.67. The quantitative estimate of drug-likeness (QED) is 0.645. The van der Waals surface area contributed by atoms with Gasteiger partial charge in [0.2, 0.25) is 0 Å². The van der Waals surface area contributed by atoms with E-state index in [1.165, 1.54) is 47.9 Å². The van der Waals surface area contributed by atoms with Crippen LogP contribution in [0, 0.1) is 0 Å². The average Bonchev–Trinajstić information content (AvgIpc) is 2.98. The summed E-state index contributed by atoms with van der Waals surface area (Å²) in [6.45, 7) is 1.58. The van der Waals surface area contributed by atoms with Crippen LogP contribution in [0.4, 0.5) is 0 Å². The van der Waals surface area contributed by atoms with Gasteiger partial charge in [-0.05, 0) is 30.4 Å². The molecule has 1 aliphatic rings. The number of fused-ring (bicyclic) bond motifs is 1. The van der Waals surface area contributed by atoms with E-state index in [9.17, 15) is 4.79 Å². The monoisotopic (exact) mass is 322 g/mol. The van der Waals surface area contributed by atoms with E-state index in [0.29, 0.717) is 12.6 Å². The number of carbonyl (C=O) groups is 1. The Morgan fingerprint density at radius 1 is 1.14 bits per heavy atom. The summed E-state index contributed by atoms with van der Waals surface area (Å²) in [6.07, 6.45) is 8.02. The lowest BCUT2D eigenvalue weighted by atomic mass is 10.1. The molecule has 2 heterocycles. The lowest BCUT2D eigenvalue weighted by molar-refractivity contribution is 0.0957. The van der Waals surface area contributed by atoms with Gasteiger partial charge in [0.1, 0.15) is 0 Å². The van der Waals surface area contributed by atoms with Crippen LogP contribution in [0.1, 0.15) is 48.2 Å². The molecule has 1 amide bonds. The summed E-state index contributed by atoms with van der Waals surface area (Å²) in [5.41, 5.74) is 0. The van der Waals surface area contributed by atoms with Gasteiger partial charge in [-0.25, -0.2) is 0 Å². The van der Waals surface area contributed by atoms with Gasteiger partial charge in [0.05, 0.1) is 4.88 Å². The minimum Gasteiger partial charge on any atom is -0.350 e. The fraction of sp³-hybridized carbons (Fsp3) is 0.562. The van der Waals surface area contributed by atoms with Crippen molar-refractivity contribution >= 4 is 38.0 Å². The molecule has 0 unspecified atom stereocenters. The molecule has 5 heteroatoms. The van der Waals surface area contributed by atoms with E-state index in [2.05, 4.69) is 22.1 Å². The van der Waals surface area contributed by atoms with Crippen molar-refractivity contribution < 1.29 is 4.79 Å². The maximum atomic E-state index is 12.1. The summed E-state index contributed by atoms with van der Waals surface area (Å²) < 4.78 is 2.42. The topological polar surface area (TPSA) is 41.1 Å². The molecule has 0 radical (unpaired) electrons. The summed E-state index contributed by atoms with van der Waals surface area (Å²) >= 11 is 3.27. The standard InChI is InChI=1S/C16H22N2OS2/c19-16(15-11-14-13(21-15)7-10-20-14)18-9-8-17-12-5-3-1-2-4-6-12/h7,10-12,17H,1-6,8-9H2,(H,18,19). The molecule has 0 atom stereocenters. The highest BCUT2D eigenvalue weighted by molar-refractivity contribution is 7.27. The second-order valence-electron chi connectivity index (χ2n) is 5.66. The molecule has 0 spiro atoms. The third kappa shape index (κ3) is 4.05. The first-order valence-corrected chi connectivity index (χ1v) is 9.51. The minimum absolute atomic E-state index is 0.0612. The molecule has 0 saturated heterocycles. The van der Waals surface area contributed by atoms with Gasteiger partial charge in [-0.1, -0.05) is 25.7 Å². The lowest BCUT2D eigenvalue weighted by Crippen LogP contribution is -2.36. The average molecular weight is 322 g/mol. The minimum atomic E-state index is 0.0612. The van der Waals surface area contributed by atoms with Crippen molar-refractivity contribution in [1.29, 1.82) is 0 Å². The third-order valence-corrected chi connectivity index (χ3v) is 6.15. The van der Waals surface area contributed by atoms with Crippen molar-refractivity contribution in [2.24, 2.45) is 0 Å². The molecule has 3 nitrogen and oxygen atoms in total. The van der Waals surface area contributed by atoms with Crippen molar-refractivity contribution in [3.63, 3.8) is 0 Å². The number of hydrogen-bond donors (Lipinski definition) is 2. The van der Waals surface area contributed by atoms with E-state index in [1.807, 2.05) is 6.07 Å². The molecule has 0 aliphatic heterocycles. The van der Waals surface area contributed by atoms with E-state index >= 15 is 0 Å². The van der Waals surface area contributed by atoms with Crippen LogP contribution in [0.5, 0.6) is 0 Å². The van der Waals surface area contributed by atoms with Crippen molar-refractivity contribution in [3.8, 4) is 0 Å². The Balaban J connectivity index is 1.40. The number of carbonyl (C=O) groups excluding carboxylic acids is 1. The maximum Gasteiger partial charge on any atom is 0.261 e. The molecule has 1 fully saturated rings. The molecule has 0 aromatic carbocycles. The lowest BCUT2D eigenvalue weighted by Gasteiger charge is -2.16. The van der Waals surface area contributed by atoms with Gasteiger partial charge in [-0.15, -0.1) is 22.7 Å². The van der Waals surface area contributed by atoms with Crippen LogP contribution in [0.3, 0.4) is 0 Å². The molecule has 2 aromatic rings. The smallest absolute Gasteiger partial charge is 0.261 e. The Hall–Kier alpha value is -0.910. The molecule has 2 N–H and O–H groups in total. The van der Waals surface area contributed by atoms with Crippen LogP contribution in [0.15, 0.2) is 17.5 Å². The first-order chi connectivity index (χ1) is 10.3. The van der Waals surface area contributed by atoms with Crippen LogP contribution in [-0.4, -0.2) is 25.0 Å². The van der Waals surface area contributed by atoms with Crippen molar-refractivity contribution in [2.45, 2.75) is 44.6 Å². The Bertz CT molecular complexity index is 553. The SMILES string of the molecule is O=C(NCCNC1CCCCCC1)c1cc2sccc2s1. The first-order valence-electron chi connectivity index (χ1n) is 7.81. The summed E-state index contributed by atoms with van der Waals surface area (Å²) in [5.74, 6) is 0.0612. The van der Waals surface area contributed by atoms with Gasteiger partial charge in [0, 0.05) is 28.5 Å². The second-order valence-corrected chi connectivity index (χ2v) is 7.69. The highest BCUT2D eigenvalue weighted by atomic mass is 32.1. The van der Waals surface area contributed by atoms with Gasteiger partial charge in [0.15, 0.2) is 0 Å². The van der Waals surface area contributed by atoms with Crippen LogP contribution < -0.4 is 10.6 Å². The predicted molar refractivity (Wildman–Crippen MR) is 91.5 cm³/mol. The zero-order valence-electron chi connectivity index (χ0n) is 12.2. The Labute approximate surface area is 133 Å². The predicted octanol–water partition coefficient (Wildman–Crippen LogP) is 4.01. The molecular weight excluding hydrogens is 300 g/mol. The summed E-state index contributed by atoms with van der Waals surface area (Å²) in [7, 11) is 0. The summed E-state index contributed by atoms with van der Waals surface area (Å²) in [6, 6.07) is 4.73. The Morgan fingerprint density at radius 3 is 2.71 bits per heavy atom. The highest BCUT2D eigenvalue weighted by Crippen LogP contribution is 2.29. The number of thiophene rings is 2. The Morgan fingerprint density at radius 2 is 1.95 bits per heavy atom. The zero-order chi connectivity index (χ0) is 14.5. The molecule has 1 saturated carbocycles. The fourth-order valence-electron chi connectivity index (χ4n) is 2.90. The first kappa shape index (κ1) is 15.0. The number of rotatable bonds is 5. The molecule has 1 aliphatic carbocycles. The van der Waals surface area contributed by atoms with Crippen LogP contribution in [0.25, 0.3) is 9.40 Å². The normalized spacial score (nSPS) is 17.0. The second kappa shape index (κ2) is 7.38. The van der Waals surface area contributed by atoms with Gasteiger partial charge in [0.25, 0.3) is 5.91 Å². The van der Waals surface area contributed by atoms with Crippen molar-refractivity contribution in [3.05, 3.63) is 22.4 Å².